The van der Waals surface area contributed by atoms with E-state index in [1.54, 1.807) is 33.7 Å². The van der Waals surface area contributed by atoms with Gasteiger partial charge in [-0.05, 0) is 30.4 Å². The fourth-order valence-electron chi connectivity index (χ4n) is 4.77. The third kappa shape index (κ3) is 6.44. The summed E-state index contributed by atoms with van der Waals surface area (Å²) in [5.41, 5.74) is 1.01. The van der Waals surface area contributed by atoms with Crippen LogP contribution in [0.15, 0.2) is 30.3 Å². The normalized spacial score (nSPS) is 21.1. The van der Waals surface area contributed by atoms with E-state index in [0.717, 1.165) is 24.2 Å². The molecular formula is C25H39N5O3S. The van der Waals surface area contributed by atoms with Gasteiger partial charge in [0.1, 0.15) is 12.2 Å². The molecule has 2 aliphatic heterocycles. The minimum atomic E-state index is -0.521. The van der Waals surface area contributed by atoms with Crippen LogP contribution in [-0.2, 0) is 16.1 Å². The van der Waals surface area contributed by atoms with Gasteiger partial charge in [0.05, 0.1) is 13.1 Å². The van der Waals surface area contributed by atoms with Gasteiger partial charge >= 0.3 is 6.03 Å². The molecule has 2 atom stereocenters. The fourth-order valence-corrected chi connectivity index (χ4v) is 5.23. The van der Waals surface area contributed by atoms with Crippen LogP contribution in [0, 0.1) is 0 Å². The summed E-state index contributed by atoms with van der Waals surface area (Å²) in [6.07, 6.45) is 7.68. The monoisotopic (exact) mass is 489 g/mol. The van der Waals surface area contributed by atoms with Gasteiger partial charge in [-0.25, -0.2) is 14.8 Å². The molecule has 188 valence electrons. The lowest BCUT2D eigenvalue weighted by atomic mass is 10.0. The van der Waals surface area contributed by atoms with Crippen LogP contribution in [-0.4, -0.2) is 88.6 Å². The zero-order valence-corrected chi connectivity index (χ0v) is 21.6. The number of hydrogen-bond donors (Lipinski definition) is 1. The Bertz CT molecular complexity index is 824. The van der Waals surface area contributed by atoms with Gasteiger partial charge in [0, 0.05) is 20.1 Å². The van der Waals surface area contributed by atoms with Crippen molar-refractivity contribution < 1.29 is 14.4 Å². The van der Waals surface area contributed by atoms with Gasteiger partial charge < -0.3 is 15.1 Å². The molecule has 9 heteroatoms. The van der Waals surface area contributed by atoms with Crippen LogP contribution in [0.2, 0.25) is 0 Å². The van der Waals surface area contributed by atoms with E-state index in [1.807, 2.05) is 41.5 Å². The lowest BCUT2D eigenvalue weighted by Crippen LogP contribution is -2.76. The van der Waals surface area contributed by atoms with Crippen LogP contribution < -0.4 is 5.32 Å². The molecule has 0 saturated carbocycles. The van der Waals surface area contributed by atoms with E-state index >= 15 is 0 Å². The van der Waals surface area contributed by atoms with Crippen molar-refractivity contribution in [2.75, 3.05) is 38.7 Å². The van der Waals surface area contributed by atoms with Gasteiger partial charge in [0.2, 0.25) is 11.8 Å². The number of unbranched alkanes of at least 4 members (excludes halogenated alkanes) is 4. The number of carbonyl (C=O) groups is 3. The first-order valence-electron chi connectivity index (χ1n) is 12.4. The zero-order valence-electron chi connectivity index (χ0n) is 20.7. The topological polar surface area (TPSA) is 76.2 Å². The van der Waals surface area contributed by atoms with Crippen molar-refractivity contribution in [2.45, 2.75) is 64.2 Å². The first-order valence-corrected chi connectivity index (χ1v) is 13.8. The highest BCUT2D eigenvalue weighted by Crippen LogP contribution is 2.28. The molecule has 1 aromatic carbocycles. The predicted octanol–water partition coefficient (Wildman–Crippen LogP) is 3.15. The van der Waals surface area contributed by atoms with Gasteiger partial charge in [0.25, 0.3) is 0 Å². The van der Waals surface area contributed by atoms with E-state index in [2.05, 4.69) is 12.2 Å². The summed E-state index contributed by atoms with van der Waals surface area (Å²) in [6.45, 7) is 3.68. The Morgan fingerprint density at radius 2 is 1.85 bits per heavy atom. The van der Waals surface area contributed by atoms with Gasteiger partial charge in [-0.1, -0.05) is 62.9 Å². The summed E-state index contributed by atoms with van der Waals surface area (Å²) in [5.74, 6) is 0.706. The Morgan fingerprint density at radius 3 is 2.56 bits per heavy atom. The number of nitrogens with zero attached hydrogens (tertiary/aromatic N) is 4. The molecule has 2 aliphatic rings. The molecule has 2 saturated heterocycles. The molecule has 1 N–H and O–H groups in total. The van der Waals surface area contributed by atoms with Gasteiger partial charge in [-0.2, -0.15) is 11.8 Å². The second-order valence-electron chi connectivity index (χ2n) is 9.08. The molecule has 3 rings (SSSR count). The van der Waals surface area contributed by atoms with Gasteiger partial charge in [-0.3, -0.25) is 9.59 Å². The number of carbonyl (C=O) groups excluding carboxylic acids is 3. The first-order chi connectivity index (χ1) is 16.5. The summed E-state index contributed by atoms with van der Waals surface area (Å²) >= 11 is 1.67. The zero-order chi connectivity index (χ0) is 24.5. The second kappa shape index (κ2) is 13.0. The Morgan fingerprint density at radius 1 is 1.12 bits per heavy atom. The minimum absolute atomic E-state index is 0.0170. The number of thioether (sulfide) groups is 1. The number of piperazine rings is 1. The Balaban J connectivity index is 1.77. The highest BCUT2D eigenvalue weighted by Gasteiger charge is 2.50. The number of benzene rings is 1. The average molecular weight is 490 g/mol. The van der Waals surface area contributed by atoms with Gasteiger partial charge in [0.15, 0.2) is 0 Å². The summed E-state index contributed by atoms with van der Waals surface area (Å²) in [5, 5.41) is 6.31. The highest BCUT2D eigenvalue weighted by molar-refractivity contribution is 7.98. The van der Waals surface area contributed by atoms with Crippen LogP contribution in [0.1, 0.15) is 51.0 Å². The number of fused-ring (bicyclic) bond motifs is 1. The number of amides is 4. The minimum Gasteiger partial charge on any atom is -0.337 e. The fraction of sp³-hybridized carbons (Fsp3) is 0.640. The predicted molar refractivity (Wildman–Crippen MR) is 136 cm³/mol. The number of likely N-dealkylation sites (N-methyl/N-ethyl adjacent to an activating group) is 1. The molecule has 0 bridgehead atoms. The first kappa shape index (κ1) is 26.3. The largest absolute Gasteiger partial charge is 0.337 e. The molecule has 1 aromatic rings. The van der Waals surface area contributed by atoms with Crippen molar-refractivity contribution in [3.8, 4) is 0 Å². The molecule has 34 heavy (non-hydrogen) atoms. The van der Waals surface area contributed by atoms with E-state index in [4.69, 9.17) is 0 Å². The summed E-state index contributed by atoms with van der Waals surface area (Å²) < 4.78 is 0. The second-order valence-corrected chi connectivity index (χ2v) is 10.1. The molecule has 8 nitrogen and oxygen atoms in total. The molecule has 0 aromatic heterocycles. The maximum Gasteiger partial charge on any atom is 0.334 e. The molecule has 0 spiro atoms. The quantitative estimate of drug-likeness (QED) is 0.483. The molecule has 0 aliphatic carbocycles. The number of urea groups is 1. The maximum absolute atomic E-state index is 13.4. The third-order valence-corrected chi connectivity index (χ3v) is 7.21. The van der Waals surface area contributed by atoms with E-state index in [-0.39, 0.29) is 24.4 Å². The number of hydrazine groups is 1. The van der Waals surface area contributed by atoms with Crippen LogP contribution >= 0.6 is 11.8 Å². The van der Waals surface area contributed by atoms with Gasteiger partial charge in [-0.15, -0.1) is 0 Å². The number of nitrogens with one attached hydrogen (secondary N) is 1. The Labute approximate surface area is 208 Å². The third-order valence-electron chi connectivity index (χ3n) is 6.56. The molecule has 2 fully saturated rings. The molecule has 2 heterocycles. The lowest BCUT2D eigenvalue weighted by molar-refractivity contribution is -0.187. The summed E-state index contributed by atoms with van der Waals surface area (Å²) in [4.78, 5) is 43.4. The van der Waals surface area contributed by atoms with Crippen molar-refractivity contribution in [2.24, 2.45) is 0 Å². The van der Waals surface area contributed by atoms with Crippen LogP contribution in [0.25, 0.3) is 0 Å². The standard InChI is InChI=1S/C25H39N5O3S/c1-4-5-6-7-11-15-28-18-22-29(21(24(28)32)14-16-34-3)23(31)19-27(2)30(22)25(33)26-17-20-12-9-8-10-13-20/h8-10,12-13,21-22H,4-7,11,14-19H2,1-3H3,(H,26,33)/t21-,22-/m0/s1. The highest BCUT2D eigenvalue weighted by atomic mass is 32.2. The SMILES string of the molecule is CCCCCCCN1C[C@H]2N(C(=O)CN(C)N2C(=O)NCc2ccccc2)[C@@H](CCSC)C1=O. The average Bonchev–Trinajstić information content (AvgIpc) is 2.83. The number of rotatable bonds is 11. The Kier molecular flexibility index (Phi) is 10.1. The maximum atomic E-state index is 13.4. The van der Waals surface area contributed by atoms with E-state index < -0.39 is 12.2 Å². The molecule has 0 unspecified atom stereocenters. The van der Waals surface area contributed by atoms with Crippen molar-refractivity contribution >= 4 is 29.6 Å². The van der Waals surface area contributed by atoms with Crippen molar-refractivity contribution in [1.82, 2.24) is 25.1 Å². The Hall–Kier alpha value is -2.26. The molecule has 4 amide bonds. The smallest absolute Gasteiger partial charge is 0.334 e. The van der Waals surface area contributed by atoms with Crippen molar-refractivity contribution in [3.05, 3.63) is 35.9 Å². The summed E-state index contributed by atoms with van der Waals surface area (Å²) in [6, 6.07) is 8.98. The van der Waals surface area contributed by atoms with Crippen LogP contribution in [0.5, 0.6) is 0 Å². The molecular weight excluding hydrogens is 450 g/mol. The van der Waals surface area contributed by atoms with E-state index in [1.165, 1.54) is 19.3 Å². The number of hydrogen-bond acceptors (Lipinski definition) is 5. The van der Waals surface area contributed by atoms with E-state index in [0.29, 0.717) is 26.1 Å². The van der Waals surface area contributed by atoms with Crippen molar-refractivity contribution in [3.63, 3.8) is 0 Å². The summed E-state index contributed by atoms with van der Waals surface area (Å²) in [7, 11) is 1.76. The lowest BCUT2D eigenvalue weighted by Gasteiger charge is -2.54. The van der Waals surface area contributed by atoms with E-state index in [9.17, 15) is 14.4 Å². The van der Waals surface area contributed by atoms with Crippen LogP contribution in [0.3, 0.4) is 0 Å². The van der Waals surface area contributed by atoms with Crippen molar-refractivity contribution in [1.29, 1.82) is 0 Å². The molecule has 0 radical (unpaired) electrons. The van der Waals surface area contributed by atoms with Crippen LogP contribution in [0.4, 0.5) is 4.79 Å².